The fraction of sp³-hybridized carbons (Fsp3) is 0.750. The standard InChI is InChI=1S/C12H20O2/c1-8(2)10-6-4-5-7-11(10)9(3)12(13)14/h8,10H,4-7H2,1-3H3,(H,13,14)/b11-9+. The molecule has 1 saturated carbocycles. The first-order valence-corrected chi connectivity index (χ1v) is 5.47. The lowest BCUT2D eigenvalue weighted by atomic mass is 9.76. The van der Waals surface area contributed by atoms with Crippen LogP contribution in [0.2, 0.25) is 0 Å². The van der Waals surface area contributed by atoms with Gasteiger partial charge in [-0.1, -0.05) is 25.8 Å². The van der Waals surface area contributed by atoms with Crippen molar-refractivity contribution in [3.8, 4) is 0 Å². The molecule has 0 aromatic rings. The van der Waals surface area contributed by atoms with E-state index in [1.54, 1.807) is 6.92 Å². The lowest BCUT2D eigenvalue weighted by Crippen LogP contribution is -2.19. The number of aliphatic carboxylic acids is 1. The van der Waals surface area contributed by atoms with Gasteiger partial charge in [0, 0.05) is 5.57 Å². The summed E-state index contributed by atoms with van der Waals surface area (Å²) in [5, 5.41) is 8.98. The van der Waals surface area contributed by atoms with Crippen LogP contribution in [0.5, 0.6) is 0 Å². The van der Waals surface area contributed by atoms with E-state index in [1.807, 2.05) is 0 Å². The molecule has 80 valence electrons. The predicted octanol–water partition coefficient (Wildman–Crippen LogP) is 3.23. The van der Waals surface area contributed by atoms with Crippen molar-refractivity contribution in [2.75, 3.05) is 0 Å². The summed E-state index contributed by atoms with van der Waals surface area (Å²) in [6.45, 7) is 6.12. The summed E-state index contributed by atoms with van der Waals surface area (Å²) in [6.07, 6.45) is 4.56. The van der Waals surface area contributed by atoms with E-state index >= 15 is 0 Å². The highest BCUT2D eigenvalue weighted by Crippen LogP contribution is 2.36. The minimum absolute atomic E-state index is 0.500. The molecule has 1 aliphatic rings. The topological polar surface area (TPSA) is 37.3 Å². The van der Waals surface area contributed by atoms with Crippen LogP contribution in [-0.4, -0.2) is 11.1 Å². The third-order valence-electron chi connectivity index (χ3n) is 3.27. The third kappa shape index (κ3) is 2.37. The molecule has 0 aromatic carbocycles. The zero-order valence-electron chi connectivity index (χ0n) is 9.34. The van der Waals surface area contributed by atoms with Crippen LogP contribution in [0.3, 0.4) is 0 Å². The summed E-state index contributed by atoms with van der Waals surface area (Å²) in [4.78, 5) is 10.9. The Balaban J connectivity index is 2.92. The molecule has 1 atom stereocenters. The van der Waals surface area contributed by atoms with E-state index in [-0.39, 0.29) is 0 Å². The average Bonchev–Trinajstić information content (AvgIpc) is 2.16. The van der Waals surface area contributed by atoms with Gasteiger partial charge < -0.3 is 5.11 Å². The smallest absolute Gasteiger partial charge is 0.331 e. The van der Waals surface area contributed by atoms with Crippen LogP contribution in [-0.2, 0) is 4.79 Å². The van der Waals surface area contributed by atoms with Gasteiger partial charge in [-0.3, -0.25) is 0 Å². The maximum absolute atomic E-state index is 10.9. The first-order valence-electron chi connectivity index (χ1n) is 5.47. The highest BCUT2D eigenvalue weighted by molar-refractivity contribution is 5.86. The molecule has 0 bridgehead atoms. The summed E-state index contributed by atoms with van der Waals surface area (Å²) in [6, 6.07) is 0. The highest BCUT2D eigenvalue weighted by Gasteiger charge is 2.25. The monoisotopic (exact) mass is 196 g/mol. The van der Waals surface area contributed by atoms with Gasteiger partial charge in [0.2, 0.25) is 0 Å². The molecule has 1 rings (SSSR count). The van der Waals surface area contributed by atoms with Gasteiger partial charge in [-0.25, -0.2) is 4.79 Å². The number of allylic oxidation sites excluding steroid dienone is 1. The summed E-state index contributed by atoms with van der Waals surface area (Å²) >= 11 is 0. The Kier molecular flexibility index (Phi) is 3.73. The highest BCUT2D eigenvalue weighted by atomic mass is 16.4. The number of hydrogen-bond donors (Lipinski definition) is 1. The zero-order valence-corrected chi connectivity index (χ0v) is 9.34. The van der Waals surface area contributed by atoms with Gasteiger partial charge in [0.25, 0.3) is 0 Å². The van der Waals surface area contributed by atoms with Gasteiger partial charge in [0.15, 0.2) is 0 Å². The van der Waals surface area contributed by atoms with Crippen molar-refractivity contribution in [1.29, 1.82) is 0 Å². The molecule has 0 saturated heterocycles. The molecule has 14 heavy (non-hydrogen) atoms. The van der Waals surface area contributed by atoms with Crippen molar-refractivity contribution < 1.29 is 9.90 Å². The van der Waals surface area contributed by atoms with Crippen LogP contribution < -0.4 is 0 Å². The van der Waals surface area contributed by atoms with Gasteiger partial charge in [-0.2, -0.15) is 0 Å². The van der Waals surface area contributed by atoms with Crippen molar-refractivity contribution in [1.82, 2.24) is 0 Å². The Hall–Kier alpha value is -0.790. The lowest BCUT2D eigenvalue weighted by Gasteiger charge is -2.29. The second-order valence-corrected chi connectivity index (χ2v) is 4.55. The molecule has 1 aliphatic carbocycles. The second-order valence-electron chi connectivity index (χ2n) is 4.55. The van der Waals surface area contributed by atoms with Crippen LogP contribution in [0.15, 0.2) is 11.1 Å². The number of carbonyl (C=O) groups is 1. The van der Waals surface area contributed by atoms with Crippen molar-refractivity contribution in [3.05, 3.63) is 11.1 Å². The number of carboxylic acids is 1. The minimum atomic E-state index is -0.743. The Bertz CT molecular complexity index is 251. The SMILES string of the molecule is C/C(C(=O)O)=C1/CCCCC1C(C)C. The molecule has 0 amide bonds. The molecule has 2 heteroatoms. The Labute approximate surface area is 86.0 Å². The van der Waals surface area contributed by atoms with Crippen molar-refractivity contribution in [2.45, 2.75) is 46.5 Å². The lowest BCUT2D eigenvalue weighted by molar-refractivity contribution is -0.132. The minimum Gasteiger partial charge on any atom is -0.478 e. The van der Waals surface area contributed by atoms with Crippen molar-refractivity contribution >= 4 is 5.97 Å². The fourth-order valence-electron chi connectivity index (χ4n) is 2.38. The summed E-state index contributed by atoms with van der Waals surface area (Å²) in [7, 11) is 0. The van der Waals surface area contributed by atoms with E-state index < -0.39 is 5.97 Å². The molecule has 1 fully saturated rings. The van der Waals surface area contributed by atoms with Gasteiger partial charge in [0.1, 0.15) is 0 Å². The fourth-order valence-corrected chi connectivity index (χ4v) is 2.38. The summed E-state index contributed by atoms with van der Waals surface area (Å²) < 4.78 is 0. The van der Waals surface area contributed by atoms with Crippen LogP contribution in [0.4, 0.5) is 0 Å². The van der Waals surface area contributed by atoms with Crippen LogP contribution >= 0.6 is 0 Å². The average molecular weight is 196 g/mol. The molecule has 1 N–H and O–H groups in total. The molecule has 0 radical (unpaired) electrons. The normalized spacial score (nSPS) is 26.4. The van der Waals surface area contributed by atoms with Gasteiger partial charge in [-0.15, -0.1) is 0 Å². The quantitative estimate of drug-likeness (QED) is 0.688. The van der Waals surface area contributed by atoms with Gasteiger partial charge in [0.05, 0.1) is 0 Å². The molecule has 1 unspecified atom stereocenters. The molecule has 0 aliphatic heterocycles. The number of carboxylic acid groups (broad SMARTS) is 1. The predicted molar refractivity (Wildman–Crippen MR) is 57.1 cm³/mol. The largest absolute Gasteiger partial charge is 0.478 e. The molecule has 0 spiro atoms. The molecular weight excluding hydrogens is 176 g/mol. The first-order chi connectivity index (χ1) is 6.54. The summed E-state index contributed by atoms with van der Waals surface area (Å²) in [5.41, 5.74) is 1.78. The number of hydrogen-bond acceptors (Lipinski definition) is 1. The third-order valence-corrected chi connectivity index (χ3v) is 3.27. The first kappa shape index (κ1) is 11.3. The van der Waals surface area contributed by atoms with E-state index in [0.717, 1.165) is 19.3 Å². The van der Waals surface area contributed by atoms with E-state index in [2.05, 4.69) is 13.8 Å². The maximum atomic E-state index is 10.9. The second kappa shape index (κ2) is 4.63. The van der Waals surface area contributed by atoms with Crippen molar-refractivity contribution in [3.63, 3.8) is 0 Å². The van der Waals surface area contributed by atoms with Gasteiger partial charge >= 0.3 is 5.97 Å². The Morgan fingerprint density at radius 1 is 1.43 bits per heavy atom. The Morgan fingerprint density at radius 3 is 2.57 bits per heavy atom. The van der Waals surface area contributed by atoms with E-state index in [9.17, 15) is 4.79 Å². The molecular formula is C12H20O2. The van der Waals surface area contributed by atoms with E-state index in [4.69, 9.17) is 5.11 Å². The molecule has 0 aromatic heterocycles. The van der Waals surface area contributed by atoms with E-state index in [1.165, 1.54) is 12.0 Å². The molecule has 2 nitrogen and oxygen atoms in total. The van der Waals surface area contributed by atoms with Gasteiger partial charge in [-0.05, 0) is 38.0 Å². The number of rotatable bonds is 2. The molecule has 0 heterocycles. The van der Waals surface area contributed by atoms with E-state index in [0.29, 0.717) is 17.4 Å². The van der Waals surface area contributed by atoms with Crippen LogP contribution in [0.1, 0.15) is 46.5 Å². The zero-order chi connectivity index (χ0) is 10.7. The van der Waals surface area contributed by atoms with Crippen LogP contribution in [0, 0.1) is 11.8 Å². The maximum Gasteiger partial charge on any atom is 0.331 e. The Morgan fingerprint density at radius 2 is 2.07 bits per heavy atom. The van der Waals surface area contributed by atoms with Crippen molar-refractivity contribution in [2.24, 2.45) is 11.8 Å². The van der Waals surface area contributed by atoms with Crippen LogP contribution in [0.25, 0.3) is 0 Å². The summed E-state index contributed by atoms with van der Waals surface area (Å²) in [5.74, 6) is 0.326.